The van der Waals surface area contributed by atoms with Crippen LogP contribution in [0.25, 0.3) is 11.1 Å². The molecule has 7 nitrogen and oxygen atoms in total. The minimum atomic E-state index is -4.26. The number of nitrogens with zero attached hydrogens (tertiary/aromatic N) is 4. The molecule has 1 fully saturated rings. The van der Waals surface area contributed by atoms with Gasteiger partial charge in [-0.25, -0.2) is 13.8 Å². The Morgan fingerprint density at radius 2 is 1.78 bits per heavy atom. The van der Waals surface area contributed by atoms with E-state index in [1.165, 1.54) is 0 Å². The van der Waals surface area contributed by atoms with E-state index in [2.05, 4.69) is 20.3 Å². The number of aryl methyl sites for hydroxylation is 2. The monoisotopic (exact) mass is 461 g/mol. The van der Waals surface area contributed by atoms with Gasteiger partial charge in [-0.15, -0.1) is 4.21 Å². The van der Waals surface area contributed by atoms with Gasteiger partial charge in [0, 0.05) is 50.7 Å². The average Bonchev–Trinajstić information content (AvgIpc) is 2.99. The Morgan fingerprint density at radius 1 is 1.12 bits per heavy atom. The van der Waals surface area contributed by atoms with Gasteiger partial charge in [0.2, 0.25) is 4.90 Å². The second-order valence-corrected chi connectivity index (χ2v) is 9.87. The maximum Gasteiger partial charge on any atom is 0.227 e. The molecule has 10 heteroatoms. The van der Waals surface area contributed by atoms with Crippen molar-refractivity contribution in [3.8, 4) is 11.1 Å². The van der Waals surface area contributed by atoms with Crippen LogP contribution < -0.4 is 10.2 Å². The second-order valence-electron chi connectivity index (χ2n) is 7.94. The molecule has 3 heterocycles. The Balaban J connectivity index is 1.67. The van der Waals surface area contributed by atoms with Gasteiger partial charge >= 0.3 is 0 Å². The highest BCUT2D eigenvalue weighted by Gasteiger charge is 2.32. The van der Waals surface area contributed by atoms with Crippen molar-refractivity contribution in [3.63, 3.8) is 0 Å². The summed E-state index contributed by atoms with van der Waals surface area (Å²) in [5.74, 6) is -2.03. The molecule has 1 unspecified atom stereocenters. The van der Waals surface area contributed by atoms with Gasteiger partial charge in [0.1, 0.15) is 11.6 Å². The largest absolute Gasteiger partial charge is 0.610 e. The van der Waals surface area contributed by atoms with Crippen molar-refractivity contribution in [3.05, 3.63) is 59.0 Å². The third-order valence-electron chi connectivity index (χ3n) is 5.82. The van der Waals surface area contributed by atoms with Crippen molar-refractivity contribution < 1.29 is 17.5 Å². The van der Waals surface area contributed by atoms with E-state index in [1.54, 1.807) is 43.9 Å². The molecule has 0 aliphatic carbocycles. The van der Waals surface area contributed by atoms with Crippen molar-refractivity contribution in [2.75, 3.05) is 31.1 Å². The van der Waals surface area contributed by atoms with Crippen LogP contribution in [0.1, 0.15) is 17.0 Å². The predicted octanol–water partition coefficient (Wildman–Crippen LogP) is 2.98. The van der Waals surface area contributed by atoms with E-state index in [4.69, 9.17) is 0 Å². The Labute approximate surface area is 186 Å². The number of halogens is 2. The summed E-state index contributed by atoms with van der Waals surface area (Å²) in [6.45, 7) is 6.62. The highest BCUT2D eigenvalue weighted by molar-refractivity contribution is 7.97. The average molecular weight is 462 g/mol. The maximum absolute atomic E-state index is 15.0. The molecule has 1 aliphatic heterocycles. The van der Waals surface area contributed by atoms with E-state index < -0.39 is 32.5 Å². The lowest BCUT2D eigenvalue weighted by Crippen LogP contribution is -2.43. The number of sulfone groups is 1. The number of pyridine rings is 1. The number of aromatic nitrogens is 3. The predicted molar refractivity (Wildman–Crippen MR) is 118 cm³/mol. The van der Waals surface area contributed by atoms with E-state index in [-0.39, 0.29) is 5.56 Å². The number of benzene rings is 1. The minimum absolute atomic E-state index is 0.256. The van der Waals surface area contributed by atoms with Crippen LogP contribution in [0.3, 0.4) is 0 Å². The number of hydrogen-bond donors (Lipinski definition) is 1. The summed E-state index contributed by atoms with van der Waals surface area (Å²) in [6.07, 6.45) is 1.58. The lowest BCUT2D eigenvalue weighted by molar-refractivity contribution is 0.454. The zero-order valence-corrected chi connectivity index (χ0v) is 19.0. The minimum Gasteiger partial charge on any atom is -0.610 e. The zero-order valence-electron chi connectivity index (χ0n) is 18.2. The fourth-order valence-electron chi connectivity index (χ4n) is 3.98. The number of anilines is 1. The molecule has 0 spiro atoms. The van der Waals surface area contributed by atoms with Crippen LogP contribution in [-0.4, -0.2) is 45.5 Å². The molecule has 32 heavy (non-hydrogen) atoms. The van der Waals surface area contributed by atoms with E-state index in [0.29, 0.717) is 28.3 Å². The van der Waals surface area contributed by atoms with E-state index in [0.717, 1.165) is 38.3 Å². The van der Waals surface area contributed by atoms with Gasteiger partial charge in [0.15, 0.2) is 11.6 Å². The van der Waals surface area contributed by atoms with Crippen LogP contribution in [0.4, 0.5) is 14.6 Å². The highest BCUT2D eigenvalue weighted by Crippen LogP contribution is 2.33. The fraction of sp³-hybridized carbons (Fsp3) is 0.364. The molecule has 2 aromatic heterocycles. The van der Waals surface area contributed by atoms with Gasteiger partial charge in [0.25, 0.3) is 0 Å². The van der Waals surface area contributed by atoms with Crippen molar-refractivity contribution in [1.82, 2.24) is 20.1 Å². The van der Waals surface area contributed by atoms with Crippen molar-refractivity contribution in [1.29, 1.82) is 0 Å². The van der Waals surface area contributed by atoms with Crippen LogP contribution in [0.2, 0.25) is 0 Å². The van der Waals surface area contributed by atoms with Gasteiger partial charge in [-0.3, -0.25) is 4.68 Å². The Bertz CT molecular complexity index is 1180. The molecule has 0 bridgehead atoms. The van der Waals surface area contributed by atoms with E-state index in [1.807, 2.05) is 0 Å². The normalized spacial score (nSPS) is 16.2. The SMILES string of the molecule is Cc1nn(C)c(C)c1C[S+](=O)([O-])c1c(F)cc(-c2ccnc(N3CCNCC3)c2)cc1F. The van der Waals surface area contributed by atoms with Crippen LogP contribution in [0.15, 0.2) is 35.4 Å². The van der Waals surface area contributed by atoms with Gasteiger partial charge in [-0.2, -0.15) is 5.10 Å². The van der Waals surface area contributed by atoms with Crippen LogP contribution in [-0.2, 0) is 27.2 Å². The molecule has 0 amide bonds. The Morgan fingerprint density at radius 3 is 2.38 bits per heavy atom. The lowest BCUT2D eigenvalue weighted by Gasteiger charge is -2.28. The molecule has 1 aromatic carbocycles. The first-order chi connectivity index (χ1) is 15.2. The summed E-state index contributed by atoms with van der Waals surface area (Å²) in [6, 6.07) is 5.54. The third-order valence-corrected chi connectivity index (χ3v) is 7.50. The fourth-order valence-corrected chi connectivity index (χ4v) is 5.63. The maximum atomic E-state index is 15.0. The molecule has 0 saturated carbocycles. The summed E-state index contributed by atoms with van der Waals surface area (Å²) >= 11 is 0. The Hall–Kier alpha value is -2.69. The second kappa shape index (κ2) is 8.68. The molecule has 3 aromatic rings. The summed E-state index contributed by atoms with van der Waals surface area (Å²) in [4.78, 5) is 5.53. The van der Waals surface area contributed by atoms with E-state index in [9.17, 15) is 17.5 Å². The first-order valence-corrected chi connectivity index (χ1v) is 12.0. The first-order valence-electron chi connectivity index (χ1n) is 10.3. The quantitative estimate of drug-likeness (QED) is 0.588. The number of nitrogens with one attached hydrogen (secondary N) is 1. The van der Waals surface area contributed by atoms with Gasteiger partial charge in [-0.1, -0.05) is 0 Å². The summed E-state index contributed by atoms with van der Waals surface area (Å²) < 4.78 is 57.4. The molecule has 1 aliphatic rings. The standard InChI is InChI=1S/C22H25F2N5O2S/c1-14-18(15(2)28(3)27-14)13-32(30,31)22-19(23)10-17(11-20(22)24)16-4-5-26-21(12-16)29-8-6-25-7-9-29/h4-5,10-12,25H,6-9,13H2,1-3H3. The molecule has 4 rings (SSSR count). The van der Waals surface area contributed by atoms with Crippen molar-refractivity contribution >= 4 is 16.0 Å². The Kier molecular flexibility index (Phi) is 6.11. The van der Waals surface area contributed by atoms with Crippen LogP contribution in [0, 0.1) is 25.5 Å². The first kappa shape index (κ1) is 22.5. The van der Waals surface area contributed by atoms with E-state index >= 15 is 0 Å². The third kappa shape index (κ3) is 4.30. The molecular weight excluding hydrogens is 436 g/mol. The van der Waals surface area contributed by atoms with Crippen LogP contribution >= 0.6 is 0 Å². The smallest absolute Gasteiger partial charge is 0.227 e. The van der Waals surface area contributed by atoms with Crippen LogP contribution in [0.5, 0.6) is 0 Å². The topological polar surface area (TPSA) is 86.1 Å². The van der Waals surface area contributed by atoms with Gasteiger partial charge in [0.05, 0.1) is 15.9 Å². The molecule has 1 saturated heterocycles. The highest BCUT2D eigenvalue weighted by atomic mass is 32.3. The molecule has 170 valence electrons. The summed E-state index contributed by atoms with van der Waals surface area (Å²) in [5, 5.41) is 7.45. The summed E-state index contributed by atoms with van der Waals surface area (Å²) in [7, 11) is -2.57. The molecular formula is C22H25F2N5O2S. The zero-order chi connectivity index (χ0) is 23.0. The van der Waals surface area contributed by atoms with Gasteiger partial charge in [-0.05, 0) is 49.2 Å². The van der Waals surface area contributed by atoms with Crippen molar-refractivity contribution in [2.45, 2.75) is 24.5 Å². The molecule has 1 N–H and O–H groups in total. The number of hydrogen-bond acceptors (Lipinski definition) is 6. The summed E-state index contributed by atoms with van der Waals surface area (Å²) in [5.41, 5.74) is 2.43. The molecule has 0 radical (unpaired) electrons. The van der Waals surface area contributed by atoms with Gasteiger partial charge < -0.3 is 14.8 Å². The van der Waals surface area contributed by atoms with Crippen molar-refractivity contribution in [2.24, 2.45) is 7.05 Å². The number of rotatable bonds is 5. The molecule has 1 atom stereocenters. The lowest BCUT2D eigenvalue weighted by atomic mass is 10.1. The number of piperazine rings is 1.